The normalized spacial score (nSPS) is 11.9. The highest BCUT2D eigenvalue weighted by Crippen LogP contribution is 2.43. The SMILES string of the molecule is CCCCCCC(CCCCCC)NC(=O)c1ccc2c3cccc4c(N)ccc(c5ccc(C(=O)O)c1c52)c43. The number of benzene rings is 5. The molecule has 0 heterocycles. The molecule has 5 aromatic carbocycles. The van der Waals surface area contributed by atoms with Crippen LogP contribution in [0.1, 0.15) is 98.8 Å². The number of rotatable bonds is 13. The van der Waals surface area contributed by atoms with Gasteiger partial charge in [-0.05, 0) is 63.4 Å². The molecular formula is C35H40N2O3. The van der Waals surface area contributed by atoms with Crippen molar-refractivity contribution in [3.05, 3.63) is 65.7 Å². The molecule has 5 rings (SSSR count). The maximum absolute atomic E-state index is 13.9. The van der Waals surface area contributed by atoms with E-state index in [1.165, 1.54) is 25.7 Å². The van der Waals surface area contributed by atoms with Gasteiger partial charge < -0.3 is 16.2 Å². The molecule has 5 aromatic rings. The Bertz CT molecular complexity index is 1640. The highest BCUT2D eigenvalue weighted by atomic mass is 16.4. The molecule has 0 spiro atoms. The van der Waals surface area contributed by atoms with Gasteiger partial charge in [0.2, 0.25) is 0 Å². The van der Waals surface area contributed by atoms with E-state index in [1.54, 1.807) is 6.07 Å². The standard InChI is InChI=1S/C35H40N2O3/c1-3-5-7-9-12-22(13-10-8-6-4-2)37-34(38)28-18-16-25-23-14-11-15-27-30(36)21-20-24(31(23)27)26-17-19-29(35(39)40)33(28)32(25)26/h11,14-22H,3-10,12-13,36H2,1-2H3,(H,37,38)(H,39,40). The molecule has 0 radical (unpaired) electrons. The molecule has 4 N–H and O–H groups in total. The maximum atomic E-state index is 13.9. The van der Waals surface area contributed by atoms with Crippen LogP contribution in [-0.4, -0.2) is 23.0 Å². The van der Waals surface area contributed by atoms with E-state index in [0.29, 0.717) is 16.6 Å². The van der Waals surface area contributed by atoms with Crippen molar-refractivity contribution in [2.45, 2.75) is 84.1 Å². The molecule has 40 heavy (non-hydrogen) atoms. The number of nitrogens with one attached hydrogen (secondary N) is 1. The molecule has 0 aliphatic rings. The van der Waals surface area contributed by atoms with Gasteiger partial charge in [-0.15, -0.1) is 0 Å². The van der Waals surface area contributed by atoms with Gasteiger partial charge in [-0.1, -0.05) is 102 Å². The Morgan fingerprint density at radius 3 is 1.85 bits per heavy atom. The number of anilines is 1. The lowest BCUT2D eigenvalue weighted by Gasteiger charge is -2.21. The number of fused-ring (bicyclic) bond motifs is 2. The number of amides is 1. The highest BCUT2D eigenvalue weighted by Gasteiger charge is 2.23. The van der Waals surface area contributed by atoms with Crippen LogP contribution in [0, 0.1) is 0 Å². The lowest BCUT2D eigenvalue weighted by molar-refractivity contribution is 0.0699. The van der Waals surface area contributed by atoms with E-state index in [-0.39, 0.29) is 17.5 Å². The number of carboxylic acid groups (broad SMARTS) is 1. The summed E-state index contributed by atoms with van der Waals surface area (Å²) in [5.41, 5.74) is 7.63. The number of nitrogen functional groups attached to an aromatic ring is 1. The Kier molecular flexibility index (Phi) is 8.39. The monoisotopic (exact) mass is 536 g/mol. The molecule has 5 nitrogen and oxygen atoms in total. The van der Waals surface area contributed by atoms with Crippen molar-refractivity contribution in [3.8, 4) is 0 Å². The lowest BCUT2D eigenvalue weighted by atomic mass is 9.86. The smallest absolute Gasteiger partial charge is 0.336 e. The van der Waals surface area contributed by atoms with E-state index in [0.717, 1.165) is 76.2 Å². The molecule has 0 aliphatic carbocycles. The van der Waals surface area contributed by atoms with Crippen molar-refractivity contribution >= 4 is 60.7 Å². The van der Waals surface area contributed by atoms with Gasteiger partial charge in [0.15, 0.2) is 0 Å². The fraction of sp³-hybridized carbons (Fsp3) is 0.371. The van der Waals surface area contributed by atoms with Crippen LogP contribution in [0.4, 0.5) is 5.69 Å². The molecule has 0 bridgehead atoms. The fourth-order valence-electron chi connectivity index (χ4n) is 6.38. The lowest BCUT2D eigenvalue weighted by Crippen LogP contribution is -2.35. The summed E-state index contributed by atoms with van der Waals surface area (Å²) in [6, 6.07) is 17.4. The number of carboxylic acids is 1. The molecule has 0 atom stereocenters. The highest BCUT2D eigenvalue weighted by molar-refractivity contribution is 6.36. The minimum atomic E-state index is -1.03. The predicted octanol–water partition coefficient (Wildman–Crippen LogP) is 9.06. The maximum Gasteiger partial charge on any atom is 0.336 e. The van der Waals surface area contributed by atoms with Crippen LogP contribution in [-0.2, 0) is 0 Å². The second-order valence-corrected chi connectivity index (χ2v) is 11.2. The first-order valence-corrected chi connectivity index (χ1v) is 14.9. The number of unbranched alkanes of at least 4 members (excludes halogenated alkanes) is 6. The van der Waals surface area contributed by atoms with E-state index in [1.807, 2.05) is 42.5 Å². The van der Waals surface area contributed by atoms with Crippen molar-refractivity contribution in [3.63, 3.8) is 0 Å². The van der Waals surface area contributed by atoms with E-state index in [4.69, 9.17) is 5.73 Å². The molecule has 1 amide bonds. The van der Waals surface area contributed by atoms with E-state index < -0.39 is 5.97 Å². The summed E-state index contributed by atoms with van der Waals surface area (Å²) >= 11 is 0. The van der Waals surface area contributed by atoms with Crippen molar-refractivity contribution in [2.24, 2.45) is 0 Å². The molecule has 0 aromatic heterocycles. The Labute approximate surface area is 236 Å². The van der Waals surface area contributed by atoms with Crippen LogP contribution >= 0.6 is 0 Å². The van der Waals surface area contributed by atoms with Gasteiger partial charge >= 0.3 is 5.97 Å². The largest absolute Gasteiger partial charge is 0.478 e. The third-order valence-corrected chi connectivity index (χ3v) is 8.44. The first-order chi connectivity index (χ1) is 19.5. The zero-order valence-corrected chi connectivity index (χ0v) is 23.7. The summed E-state index contributed by atoms with van der Waals surface area (Å²) in [6.45, 7) is 4.41. The van der Waals surface area contributed by atoms with Gasteiger partial charge in [-0.2, -0.15) is 0 Å². The van der Waals surface area contributed by atoms with Crippen LogP contribution in [0.15, 0.2) is 54.6 Å². The second kappa shape index (κ2) is 12.1. The minimum absolute atomic E-state index is 0.0813. The quantitative estimate of drug-likeness (QED) is 0.0605. The van der Waals surface area contributed by atoms with Gasteiger partial charge in [0.1, 0.15) is 0 Å². The van der Waals surface area contributed by atoms with Crippen LogP contribution in [0.5, 0.6) is 0 Å². The summed E-state index contributed by atoms with van der Waals surface area (Å²) in [5, 5.41) is 20.8. The molecule has 208 valence electrons. The number of carbonyl (C=O) groups excluding carboxylic acids is 1. The molecule has 0 saturated carbocycles. The Hall–Kier alpha value is -3.86. The van der Waals surface area contributed by atoms with E-state index in [2.05, 4.69) is 25.2 Å². The zero-order chi connectivity index (χ0) is 28.2. The summed E-state index contributed by atoms with van der Waals surface area (Å²) in [5.74, 6) is -1.22. The van der Waals surface area contributed by atoms with Gasteiger partial charge in [0.05, 0.1) is 5.56 Å². The zero-order valence-electron chi connectivity index (χ0n) is 23.7. The molecule has 5 heteroatoms. The number of hydrogen-bond acceptors (Lipinski definition) is 3. The molecule has 0 fully saturated rings. The molecular weight excluding hydrogens is 496 g/mol. The first-order valence-electron chi connectivity index (χ1n) is 14.9. The molecule has 0 unspecified atom stereocenters. The van der Waals surface area contributed by atoms with Crippen LogP contribution < -0.4 is 11.1 Å². The Balaban J connectivity index is 1.62. The fourth-order valence-corrected chi connectivity index (χ4v) is 6.38. The third-order valence-electron chi connectivity index (χ3n) is 8.44. The topological polar surface area (TPSA) is 92.4 Å². The van der Waals surface area contributed by atoms with Crippen LogP contribution in [0.2, 0.25) is 0 Å². The average molecular weight is 537 g/mol. The van der Waals surface area contributed by atoms with Crippen LogP contribution in [0.3, 0.4) is 0 Å². The number of hydrogen-bond donors (Lipinski definition) is 3. The minimum Gasteiger partial charge on any atom is -0.478 e. The predicted molar refractivity (Wildman–Crippen MR) is 168 cm³/mol. The molecule has 0 saturated heterocycles. The summed E-state index contributed by atoms with van der Waals surface area (Å²) in [4.78, 5) is 26.4. The average Bonchev–Trinajstić information content (AvgIpc) is 2.96. The number of aromatic carboxylic acids is 1. The van der Waals surface area contributed by atoms with Crippen molar-refractivity contribution in [1.29, 1.82) is 0 Å². The van der Waals surface area contributed by atoms with Gasteiger partial charge in [0.25, 0.3) is 5.91 Å². The van der Waals surface area contributed by atoms with Crippen molar-refractivity contribution < 1.29 is 14.7 Å². The van der Waals surface area contributed by atoms with E-state index in [9.17, 15) is 14.7 Å². The van der Waals surface area contributed by atoms with E-state index >= 15 is 0 Å². The third kappa shape index (κ3) is 5.17. The summed E-state index contributed by atoms with van der Waals surface area (Å²) in [6.07, 6.45) is 11.1. The Morgan fingerprint density at radius 2 is 1.23 bits per heavy atom. The molecule has 0 aliphatic heterocycles. The van der Waals surface area contributed by atoms with Gasteiger partial charge in [-0.3, -0.25) is 4.79 Å². The van der Waals surface area contributed by atoms with Gasteiger partial charge in [-0.25, -0.2) is 4.79 Å². The first kappa shape index (κ1) is 27.7. The summed E-state index contributed by atoms with van der Waals surface area (Å²) < 4.78 is 0. The van der Waals surface area contributed by atoms with Gasteiger partial charge in [0, 0.05) is 28.1 Å². The Morgan fingerprint density at radius 1 is 0.675 bits per heavy atom. The summed E-state index contributed by atoms with van der Waals surface area (Å²) in [7, 11) is 0. The van der Waals surface area contributed by atoms with Crippen molar-refractivity contribution in [2.75, 3.05) is 5.73 Å². The number of nitrogens with two attached hydrogens (primary N) is 1. The van der Waals surface area contributed by atoms with Crippen molar-refractivity contribution in [1.82, 2.24) is 5.32 Å². The number of carbonyl (C=O) groups is 2. The van der Waals surface area contributed by atoms with Crippen LogP contribution in [0.25, 0.3) is 43.1 Å². The second-order valence-electron chi connectivity index (χ2n) is 11.2.